The molecule has 0 amide bonds. The summed E-state index contributed by atoms with van der Waals surface area (Å²) in [7, 11) is -3.30. The van der Waals surface area contributed by atoms with E-state index < -0.39 is 10.0 Å². The lowest BCUT2D eigenvalue weighted by atomic mass is 9.78. The fourth-order valence-electron chi connectivity index (χ4n) is 3.04. The van der Waals surface area contributed by atoms with Crippen LogP contribution in [0.25, 0.3) is 0 Å². The summed E-state index contributed by atoms with van der Waals surface area (Å²) >= 11 is 0. The molecule has 1 aliphatic carbocycles. The van der Waals surface area contributed by atoms with Crippen LogP contribution in [-0.4, -0.2) is 26.7 Å². The second-order valence-corrected chi connectivity index (χ2v) is 7.87. The normalized spacial score (nSPS) is 24.8. The van der Waals surface area contributed by atoms with E-state index in [2.05, 4.69) is 4.72 Å². The molecule has 1 aromatic carbocycles. The van der Waals surface area contributed by atoms with E-state index in [0.717, 1.165) is 30.4 Å². The van der Waals surface area contributed by atoms with E-state index in [-0.39, 0.29) is 17.4 Å². The summed E-state index contributed by atoms with van der Waals surface area (Å²) in [6, 6.07) is 7.55. The van der Waals surface area contributed by atoms with Gasteiger partial charge in [0.05, 0.1) is 18.0 Å². The maximum atomic E-state index is 12.2. The summed E-state index contributed by atoms with van der Waals surface area (Å²) in [5.41, 5.74) is 1.94. The van der Waals surface area contributed by atoms with E-state index in [0.29, 0.717) is 6.61 Å². The molecule has 1 atom stereocenters. The van der Waals surface area contributed by atoms with Crippen molar-refractivity contribution in [2.24, 2.45) is 0 Å². The molecular weight excluding hydrogens is 274 g/mol. The highest BCUT2D eigenvalue weighted by molar-refractivity contribution is 7.88. The minimum atomic E-state index is -3.30. The minimum Gasteiger partial charge on any atom is -0.373 e. The van der Waals surface area contributed by atoms with Crippen LogP contribution in [0.1, 0.15) is 36.8 Å². The molecular formula is C15H21NO3S. The predicted octanol–water partition coefficient (Wildman–Crippen LogP) is 2.13. The molecule has 0 aromatic heterocycles. The van der Waals surface area contributed by atoms with Crippen LogP contribution in [0.15, 0.2) is 24.3 Å². The average molecular weight is 295 g/mol. The Morgan fingerprint density at radius 3 is 2.55 bits per heavy atom. The fraction of sp³-hybridized carbons (Fsp3) is 0.600. The Hall–Kier alpha value is -0.910. The van der Waals surface area contributed by atoms with Crippen LogP contribution in [-0.2, 0) is 20.5 Å². The van der Waals surface area contributed by atoms with Gasteiger partial charge in [-0.05, 0) is 38.2 Å². The monoisotopic (exact) mass is 295 g/mol. The van der Waals surface area contributed by atoms with Crippen LogP contribution >= 0.6 is 0 Å². The number of hydrogen-bond acceptors (Lipinski definition) is 3. The molecule has 1 saturated carbocycles. The first kappa shape index (κ1) is 14.0. The Morgan fingerprint density at radius 1 is 1.30 bits per heavy atom. The third-order valence-corrected chi connectivity index (χ3v) is 5.70. The molecule has 5 heteroatoms. The molecule has 0 radical (unpaired) electrons. The van der Waals surface area contributed by atoms with Crippen molar-refractivity contribution < 1.29 is 13.2 Å². The van der Waals surface area contributed by atoms with Gasteiger partial charge in [0, 0.05) is 6.04 Å². The van der Waals surface area contributed by atoms with Gasteiger partial charge in [0.1, 0.15) is 0 Å². The molecule has 2 aliphatic rings. The van der Waals surface area contributed by atoms with Gasteiger partial charge in [-0.1, -0.05) is 29.8 Å². The highest BCUT2D eigenvalue weighted by Crippen LogP contribution is 2.43. The fourth-order valence-corrected chi connectivity index (χ4v) is 4.41. The highest BCUT2D eigenvalue weighted by atomic mass is 32.2. The molecule has 1 saturated heterocycles. The quantitative estimate of drug-likeness (QED) is 0.926. The molecule has 1 unspecified atom stereocenters. The van der Waals surface area contributed by atoms with E-state index in [9.17, 15) is 8.42 Å². The third kappa shape index (κ3) is 3.05. The molecule has 1 spiro atoms. The number of benzene rings is 1. The lowest BCUT2D eigenvalue weighted by Crippen LogP contribution is -2.40. The maximum Gasteiger partial charge on any atom is 0.216 e. The Balaban J connectivity index is 1.60. The SMILES string of the molecule is Cc1ccc(CS(=O)(=O)NC2COC3(CCC3)C2)cc1. The van der Waals surface area contributed by atoms with Crippen molar-refractivity contribution in [2.45, 2.75) is 50.0 Å². The predicted molar refractivity (Wildman–Crippen MR) is 77.9 cm³/mol. The van der Waals surface area contributed by atoms with Gasteiger partial charge in [0.25, 0.3) is 0 Å². The smallest absolute Gasteiger partial charge is 0.216 e. The zero-order valence-corrected chi connectivity index (χ0v) is 12.6. The Bertz CT molecular complexity index is 576. The molecule has 110 valence electrons. The van der Waals surface area contributed by atoms with Gasteiger partial charge in [-0.3, -0.25) is 0 Å². The first-order valence-corrected chi connectivity index (χ1v) is 8.81. The Morgan fingerprint density at radius 2 is 2.00 bits per heavy atom. The van der Waals surface area contributed by atoms with Crippen molar-refractivity contribution in [1.29, 1.82) is 0 Å². The number of sulfonamides is 1. The van der Waals surface area contributed by atoms with Crippen LogP contribution in [0.2, 0.25) is 0 Å². The second-order valence-electron chi connectivity index (χ2n) is 6.11. The van der Waals surface area contributed by atoms with Crippen molar-refractivity contribution in [1.82, 2.24) is 4.72 Å². The van der Waals surface area contributed by atoms with Crippen LogP contribution in [0.5, 0.6) is 0 Å². The standard InChI is InChI=1S/C15H21NO3S/c1-12-3-5-13(6-4-12)11-20(17,18)16-14-9-15(19-10-14)7-2-8-15/h3-6,14,16H,2,7-11H2,1H3. The van der Waals surface area contributed by atoms with Crippen LogP contribution < -0.4 is 4.72 Å². The molecule has 1 aliphatic heterocycles. The topological polar surface area (TPSA) is 55.4 Å². The summed E-state index contributed by atoms with van der Waals surface area (Å²) in [5.74, 6) is 0.0385. The number of rotatable bonds is 4. The van der Waals surface area contributed by atoms with Crippen molar-refractivity contribution in [3.8, 4) is 0 Å². The second kappa shape index (κ2) is 5.13. The summed E-state index contributed by atoms with van der Waals surface area (Å²) in [6.07, 6.45) is 4.16. The van der Waals surface area contributed by atoms with E-state index in [1.54, 1.807) is 0 Å². The molecule has 0 bridgehead atoms. The minimum absolute atomic E-state index is 0.0168. The van der Waals surface area contributed by atoms with E-state index >= 15 is 0 Å². The first-order chi connectivity index (χ1) is 9.46. The summed E-state index contributed by atoms with van der Waals surface area (Å²) in [5, 5.41) is 0. The van der Waals surface area contributed by atoms with Gasteiger partial charge >= 0.3 is 0 Å². The lowest BCUT2D eigenvalue weighted by Gasteiger charge is -2.37. The zero-order valence-electron chi connectivity index (χ0n) is 11.8. The van der Waals surface area contributed by atoms with Gasteiger partial charge in [-0.2, -0.15) is 0 Å². The number of nitrogens with one attached hydrogen (secondary N) is 1. The van der Waals surface area contributed by atoms with Gasteiger partial charge in [-0.25, -0.2) is 13.1 Å². The van der Waals surface area contributed by atoms with Crippen LogP contribution in [0.3, 0.4) is 0 Å². The zero-order chi connectivity index (χ0) is 14.2. The molecule has 20 heavy (non-hydrogen) atoms. The van der Waals surface area contributed by atoms with Gasteiger partial charge in [0.15, 0.2) is 0 Å². The molecule has 1 heterocycles. The van der Waals surface area contributed by atoms with Crippen LogP contribution in [0.4, 0.5) is 0 Å². The number of aryl methyl sites for hydroxylation is 1. The summed E-state index contributed by atoms with van der Waals surface area (Å²) in [4.78, 5) is 0. The van der Waals surface area contributed by atoms with Crippen molar-refractivity contribution in [3.05, 3.63) is 35.4 Å². The highest BCUT2D eigenvalue weighted by Gasteiger charge is 2.45. The van der Waals surface area contributed by atoms with Gasteiger partial charge in [-0.15, -0.1) is 0 Å². The maximum absolute atomic E-state index is 12.2. The molecule has 1 aromatic rings. The van der Waals surface area contributed by atoms with Crippen molar-refractivity contribution in [3.63, 3.8) is 0 Å². The third-order valence-electron chi connectivity index (χ3n) is 4.30. The van der Waals surface area contributed by atoms with E-state index in [1.807, 2.05) is 31.2 Å². The molecule has 4 nitrogen and oxygen atoms in total. The number of ether oxygens (including phenoxy) is 1. The summed E-state index contributed by atoms with van der Waals surface area (Å²) < 4.78 is 32.9. The van der Waals surface area contributed by atoms with Crippen LogP contribution in [0, 0.1) is 6.92 Å². The van der Waals surface area contributed by atoms with Crippen molar-refractivity contribution in [2.75, 3.05) is 6.61 Å². The number of hydrogen-bond donors (Lipinski definition) is 1. The Kier molecular flexibility index (Phi) is 3.60. The average Bonchev–Trinajstić information content (AvgIpc) is 2.75. The van der Waals surface area contributed by atoms with Crippen molar-refractivity contribution >= 4 is 10.0 Å². The Labute approximate surface area is 120 Å². The molecule has 1 N–H and O–H groups in total. The van der Waals surface area contributed by atoms with E-state index in [1.165, 1.54) is 6.42 Å². The van der Waals surface area contributed by atoms with Gasteiger partial charge in [0.2, 0.25) is 10.0 Å². The summed E-state index contributed by atoms with van der Waals surface area (Å²) in [6.45, 7) is 2.50. The lowest BCUT2D eigenvalue weighted by molar-refractivity contribution is -0.0562. The largest absolute Gasteiger partial charge is 0.373 e. The molecule has 2 fully saturated rings. The molecule has 3 rings (SSSR count). The van der Waals surface area contributed by atoms with E-state index in [4.69, 9.17) is 4.74 Å². The van der Waals surface area contributed by atoms with Gasteiger partial charge < -0.3 is 4.74 Å². The first-order valence-electron chi connectivity index (χ1n) is 7.16.